The van der Waals surface area contributed by atoms with E-state index in [9.17, 15) is 74.6 Å². The largest absolute Gasteiger partial charge is 0.460 e. The van der Waals surface area contributed by atoms with Crippen LogP contribution in [0.25, 0.3) is 0 Å². The van der Waals surface area contributed by atoms with Crippen molar-refractivity contribution in [3.05, 3.63) is 25.3 Å². The maximum atomic E-state index is 14.0. The molecule has 250 valence electrons. The summed E-state index contributed by atoms with van der Waals surface area (Å²) in [5.41, 5.74) is -1.05. The van der Waals surface area contributed by atoms with Crippen LogP contribution in [0.3, 0.4) is 0 Å². The molecule has 0 fully saturated rings. The van der Waals surface area contributed by atoms with E-state index in [0.717, 1.165) is 0 Å². The van der Waals surface area contributed by atoms with Crippen molar-refractivity contribution in [2.24, 2.45) is 5.41 Å². The first-order valence-corrected chi connectivity index (χ1v) is 11.2. The van der Waals surface area contributed by atoms with Crippen LogP contribution in [0.2, 0.25) is 0 Å². The highest BCUT2D eigenvalue weighted by molar-refractivity contribution is 5.15. The summed E-state index contributed by atoms with van der Waals surface area (Å²) in [4.78, 5) is 0. The minimum Gasteiger partial charge on any atom is -0.381 e. The number of ether oxygens (including phenoxy) is 3. The van der Waals surface area contributed by atoms with E-state index in [-0.39, 0.29) is 26.4 Å². The molecule has 42 heavy (non-hydrogen) atoms. The minimum absolute atomic E-state index is 0.0238. The number of hydrogen-bond acceptors (Lipinski definition) is 3. The van der Waals surface area contributed by atoms with Gasteiger partial charge < -0.3 is 14.2 Å². The highest BCUT2D eigenvalue weighted by atomic mass is 19.4. The Balaban J connectivity index is 5.81. The van der Waals surface area contributed by atoms with Crippen molar-refractivity contribution in [3.63, 3.8) is 0 Å². The van der Waals surface area contributed by atoms with E-state index >= 15 is 0 Å². The summed E-state index contributed by atoms with van der Waals surface area (Å²) >= 11 is 0. The molecule has 0 aliphatic carbocycles. The fourth-order valence-corrected chi connectivity index (χ4v) is 2.97. The van der Waals surface area contributed by atoms with Crippen LogP contribution in [0, 0.1) is 5.41 Å². The van der Waals surface area contributed by atoms with Crippen LogP contribution in [-0.2, 0) is 14.2 Å². The van der Waals surface area contributed by atoms with Gasteiger partial charge >= 0.3 is 47.6 Å². The third-order valence-corrected chi connectivity index (χ3v) is 5.39. The van der Waals surface area contributed by atoms with Gasteiger partial charge in [-0.2, -0.15) is 74.6 Å². The van der Waals surface area contributed by atoms with Gasteiger partial charge in [-0.05, 0) is 6.42 Å². The average Bonchev–Trinajstić information content (AvgIpc) is 2.82. The van der Waals surface area contributed by atoms with Gasteiger partial charge in [-0.3, -0.25) is 0 Å². The lowest BCUT2D eigenvalue weighted by Gasteiger charge is -2.42. The molecule has 0 aliphatic rings. The monoisotopic (exact) mass is 660 g/mol. The first-order valence-electron chi connectivity index (χ1n) is 11.2. The van der Waals surface area contributed by atoms with Crippen LogP contribution in [-0.4, -0.2) is 87.3 Å². The zero-order valence-electron chi connectivity index (χ0n) is 21.4. The van der Waals surface area contributed by atoms with E-state index in [0.29, 0.717) is 0 Å². The summed E-state index contributed by atoms with van der Waals surface area (Å²) < 4.78 is 242. The van der Waals surface area contributed by atoms with Crippen molar-refractivity contribution in [3.8, 4) is 0 Å². The Morgan fingerprint density at radius 1 is 0.500 bits per heavy atom. The fraction of sp³-hybridized carbons (Fsp3) is 0.818. The summed E-state index contributed by atoms with van der Waals surface area (Å²) in [6.45, 7) is 6.56. The van der Waals surface area contributed by atoms with Crippen molar-refractivity contribution in [2.45, 2.75) is 67.4 Å². The normalized spacial score (nSPS) is 15.2. The highest BCUT2D eigenvalue weighted by Crippen LogP contribution is 2.64. The Hall–Kier alpha value is -1.83. The molecule has 0 heterocycles. The maximum Gasteiger partial charge on any atom is 0.460 e. The number of hydrogen-bond donors (Lipinski definition) is 0. The molecule has 0 radical (unpaired) electrons. The quantitative estimate of drug-likeness (QED) is 0.0749. The molecular formula is C22H25F17O3. The molecule has 0 spiro atoms. The summed E-state index contributed by atoms with van der Waals surface area (Å²) in [5, 5.41) is 0. The second kappa shape index (κ2) is 13.4. The van der Waals surface area contributed by atoms with Crippen LogP contribution < -0.4 is 0 Å². The van der Waals surface area contributed by atoms with Crippen molar-refractivity contribution in [2.75, 3.05) is 39.6 Å². The smallest absolute Gasteiger partial charge is 0.381 e. The Morgan fingerprint density at radius 3 is 1.19 bits per heavy atom. The lowest BCUT2D eigenvalue weighted by atomic mass is 9.88. The maximum absolute atomic E-state index is 14.0. The molecule has 0 saturated heterocycles. The molecule has 0 saturated carbocycles. The Bertz CT molecular complexity index is 870. The van der Waals surface area contributed by atoms with Gasteiger partial charge in [0.2, 0.25) is 0 Å². The van der Waals surface area contributed by atoms with Gasteiger partial charge in [0.25, 0.3) is 0 Å². The van der Waals surface area contributed by atoms with Gasteiger partial charge in [0, 0.05) is 18.4 Å². The lowest BCUT2D eigenvalue weighted by Crippen LogP contribution is -2.74. The Kier molecular flexibility index (Phi) is 12.9. The molecule has 20 heteroatoms. The average molecular weight is 660 g/mol. The second-order valence-electron chi connectivity index (χ2n) is 9.22. The van der Waals surface area contributed by atoms with Gasteiger partial charge in [0.05, 0.1) is 33.0 Å². The number of halogens is 17. The molecule has 0 rings (SSSR count). The molecule has 0 atom stereocenters. The first kappa shape index (κ1) is 40.2. The fourth-order valence-electron chi connectivity index (χ4n) is 2.97. The number of alkyl halides is 17. The van der Waals surface area contributed by atoms with Crippen molar-refractivity contribution < 1.29 is 88.8 Å². The third-order valence-electron chi connectivity index (χ3n) is 5.39. The third kappa shape index (κ3) is 7.62. The van der Waals surface area contributed by atoms with E-state index in [4.69, 9.17) is 14.2 Å². The summed E-state index contributed by atoms with van der Waals surface area (Å²) in [5.74, 6) is -56.4. The van der Waals surface area contributed by atoms with Crippen LogP contribution in [0.15, 0.2) is 25.3 Å². The van der Waals surface area contributed by atoms with Gasteiger partial charge in [-0.25, -0.2) is 0 Å². The molecule has 0 aromatic carbocycles. The van der Waals surface area contributed by atoms with Crippen molar-refractivity contribution in [1.29, 1.82) is 0 Å². The molecule has 0 amide bonds. The van der Waals surface area contributed by atoms with E-state index in [1.54, 1.807) is 0 Å². The highest BCUT2D eigenvalue weighted by Gasteiger charge is 2.95. The summed E-state index contributed by atoms with van der Waals surface area (Å²) in [6, 6.07) is 0. The number of rotatable bonds is 20. The molecule has 0 aromatic rings. The van der Waals surface area contributed by atoms with Gasteiger partial charge in [-0.1, -0.05) is 19.1 Å². The van der Waals surface area contributed by atoms with Gasteiger partial charge in [0.1, 0.15) is 0 Å². The Labute approximate surface area is 227 Å². The van der Waals surface area contributed by atoms with E-state index in [1.807, 2.05) is 0 Å². The molecule has 0 bridgehead atoms. The zero-order valence-corrected chi connectivity index (χ0v) is 21.4. The van der Waals surface area contributed by atoms with Crippen LogP contribution in [0.4, 0.5) is 74.6 Å². The summed E-state index contributed by atoms with van der Waals surface area (Å²) in [6.07, 6.45) is -9.05. The lowest BCUT2D eigenvalue weighted by molar-refractivity contribution is -0.461. The molecule has 0 N–H and O–H groups in total. The Morgan fingerprint density at radius 2 is 0.833 bits per heavy atom. The SMILES string of the molecule is C=CCOCC(C)(COCC=C)COCCCC(F)(F)C(F)(F)C(F)(F)C(F)(F)C(F)(F)C(F)(F)C(F)(F)C(F)(F)F. The van der Waals surface area contributed by atoms with Crippen LogP contribution in [0.5, 0.6) is 0 Å². The second-order valence-corrected chi connectivity index (χ2v) is 9.22. The van der Waals surface area contributed by atoms with E-state index in [2.05, 4.69) is 13.2 Å². The predicted molar refractivity (Wildman–Crippen MR) is 111 cm³/mol. The molecular weight excluding hydrogens is 635 g/mol. The van der Waals surface area contributed by atoms with Crippen molar-refractivity contribution in [1.82, 2.24) is 0 Å². The van der Waals surface area contributed by atoms with Gasteiger partial charge in [-0.15, -0.1) is 13.2 Å². The first-order chi connectivity index (χ1) is 18.6. The van der Waals surface area contributed by atoms with Crippen LogP contribution in [0.1, 0.15) is 19.8 Å². The van der Waals surface area contributed by atoms with Crippen LogP contribution >= 0.6 is 0 Å². The molecule has 0 aromatic heterocycles. The molecule has 0 unspecified atom stereocenters. The van der Waals surface area contributed by atoms with Crippen molar-refractivity contribution >= 4 is 0 Å². The predicted octanol–water partition coefficient (Wildman–Crippen LogP) is 8.20. The zero-order chi connectivity index (χ0) is 33.7. The standard InChI is InChI=1S/C22H25F17O3/c1-4-8-40-11-14(3,12-41-9-5-2)13-42-10-6-7-15(23,24)16(25,26)17(27,28)18(29,30)19(31,32)20(33,34)21(35,36)22(37,38)39/h4-5H,1-2,6-13H2,3H3. The molecule has 0 aliphatic heterocycles. The topological polar surface area (TPSA) is 27.7 Å². The summed E-state index contributed by atoms with van der Waals surface area (Å²) in [7, 11) is 0. The van der Waals surface area contributed by atoms with Gasteiger partial charge in [0.15, 0.2) is 0 Å². The van der Waals surface area contributed by atoms with E-state index in [1.165, 1.54) is 19.1 Å². The van der Waals surface area contributed by atoms with E-state index < -0.39 is 79.1 Å². The minimum atomic E-state index is -8.64. The molecule has 3 nitrogen and oxygen atoms in total.